The van der Waals surface area contributed by atoms with Crippen LogP contribution in [0.1, 0.15) is 12.8 Å². The molecule has 1 N–H and O–H groups in total. The van der Waals surface area contributed by atoms with Crippen molar-refractivity contribution in [1.29, 1.82) is 0 Å². The molecule has 1 aliphatic carbocycles. The van der Waals surface area contributed by atoms with Crippen molar-refractivity contribution in [2.45, 2.75) is 18.9 Å². The summed E-state index contributed by atoms with van der Waals surface area (Å²) in [6, 6.07) is 0. The van der Waals surface area contributed by atoms with Crippen LogP contribution in [-0.4, -0.2) is 12.5 Å². The smallest absolute Gasteiger partial charge is 0.328 e. The van der Waals surface area contributed by atoms with Crippen molar-refractivity contribution in [3.63, 3.8) is 0 Å². The second-order valence-corrected chi connectivity index (χ2v) is 2.53. The lowest BCUT2D eigenvalue weighted by atomic mass is 9.99. The van der Waals surface area contributed by atoms with E-state index in [9.17, 15) is 0 Å². The molecule has 0 bridgehead atoms. The fourth-order valence-electron chi connectivity index (χ4n) is 1.28. The Labute approximate surface area is 59.9 Å². The average Bonchev–Trinajstić information content (AvgIpc) is 2.05. The Kier molecular flexibility index (Phi) is 1.31. The highest BCUT2D eigenvalue weighted by molar-refractivity contribution is 5.43. The summed E-state index contributed by atoms with van der Waals surface area (Å²) in [6.07, 6.45) is 10.5. The zero-order chi connectivity index (χ0) is 6.81. The Balaban J connectivity index is 2.27. The Hall–Kier alpha value is -1.05. The minimum absolute atomic E-state index is 0.311. The summed E-state index contributed by atoms with van der Waals surface area (Å²) >= 11 is 0. The van der Waals surface area contributed by atoms with E-state index in [0.717, 1.165) is 12.8 Å². The number of nitrogens with one attached hydrogen (secondary N) is 1. The van der Waals surface area contributed by atoms with Gasteiger partial charge in [0, 0.05) is 0 Å². The lowest BCUT2D eigenvalue weighted by Gasteiger charge is -2.18. The van der Waals surface area contributed by atoms with Crippen LogP contribution >= 0.6 is 0 Å². The van der Waals surface area contributed by atoms with E-state index in [1.807, 2.05) is 6.20 Å². The zero-order valence-electron chi connectivity index (χ0n) is 5.71. The first kappa shape index (κ1) is 5.71. The van der Waals surface area contributed by atoms with Crippen molar-refractivity contribution in [3.8, 4) is 0 Å². The number of hydrogen-bond donors (Lipinski definition) is 1. The van der Waals surface area contributed by atoms with E-state index in [1.54, 1.807) is 6.40 Å². The fourth-order valence-corrected chi connectivity index (χ4v) is 1.28. The monoisotopic (exact) mass is 136 g/mol. The number of ether oxygens (including phenoxy) is 1. The van der Waals surface area contributed by atoms with Crippen LogP contribution in [0, 0.1) is 0 Å². The maximum atomic E-state index is 5.33. The molecule has 0 saturated heterocycles. The van der Waals surface area contributed by atoms with E-state index in [2.05, 4.69) is 17.1 Å². The minimum atomic E-state index is 0.311. The van der Waals surface area contributed by atoms with Gasteiger partial charge in [0.1, 0.15) is 6.10 Å². The molecule has 2 nitrogen and oxygen atoms in total. The molecule has 1 unspecified atom stereocenters. The van der Waals surface area contributed by atoms with Gasteiger partial charge < -0.3 is 4.74 Å². The van der Waals surface area contributed by atoms with Gasteiger partial charge in [0.25, 0.3) is 0 Å². The second-order valence-electron chi connectivity index (χ2n) is 2.53. The van der Waals surface area contributed by atoms with E-state index >= 15 is 0 Å². The molecule has 0 amide bonds. The number of allylic oxidation sites excluding steroid dienone is 1. The van der Waals surface area contributed by atoms with E-state index < -0.39 is 0 Å². The first-order chi connectivity index (χ1) is 4.97. The third-order valence-electron chi connectivity index (χ3n) is 1.83. The summed E-state index contributed by atoms with van der Waals surface area (Å²) in [7, 11) is 0. The molecule has 2 heteroatoms. The van der Waals surface area contributed by atoms with Crippen LogP contribution in [0.2, 0.25) is 0 Å². The molecule has 10 heavy (non-hydrogen) atoms. The first-order valence-electron chi connectivity index (χ1n) is 3.56. The van der Waals surface area contributed by atoms with Crippen LogP contribution in [0.25, 0.3) is 0 Å². The average molecular weight is 136 g/mol. The summed E-state index contributed by atoms with van der Waals surface area (Å²) < 4.78 is 5.33. The van der Waals surface area contributed by atoms with Crippen LogP contribution in [-0.2, 0) is 4.74 Å². The Morgan fingerprint density at radius 1 is 1.60 bits per heavy atom. The molecule has 0 aromatic rings. The maximum Gasteiger partial charge on any atom is 0.328 e. The summed E-state index contributed by atoms with van der Waals surface area (Å²) in [5.74, 6) is 0. The quantitative estimate of drug-likeness (QED) is 0.486. The van der Waals surface area contributed by atoms with Crippen molar-refractivity contribution in [2.75, 3.05) is 0 Å². The van der Waals surface area contributed by atoms with Crippen molar-refractivity contribution >= 4 is 6.40 Å². The summed E-state index contributed by atoms with van der Waals surface area (Å²) in [5.41, 5.74) is 1.26. The molecule has 1 atom stereocenters. The molecule has 0 spiro atoms. The maximum absolute atomic E-state index is 5.33. The summed E-state index contributed by atoms with van der Waals surface area (Å²) in [5, 5.41) is 0. The SMILES string of the molecule is C1=CC2=C[NH+]=COC2CC1. The predicted molar refractivity (Wildman–Crippen MR) is 38.4 cm³/mol. The molecule has 1 heterocycles. The van der Waals surface area contributed by atoms with Gasteiger partial charge in [-0.15, -0.1) is 0 Å². The van der Waals surface area contributed by atoms with Gasteiger partial charge in [0.05, 0.1) is 5.57 Å². The molecule has 0 aromatic carbocycles. The molecule has 1 aliphatic heterocycles. The van der Waals surface area contributed by atoms with Gasteiger partial charge in [-0.1, -0.05) is 12.2 Å². The number of fused-ring (bicyclic) bond motifs is 1. The molecule has 2 aliphatic rings. The Morgan fingerprint density at radius 2 is 2.60 bits per heavy atom. The largest absolute Gasteiger partial charge is 0.442 e. The third-order valence-corrected chi connectivity index (χ3v) is 1.83. The second kappa shape index (κ2) is 2.29. The first-order valence-corrected chi connectivity index (χ1v) is 3.56. The van der Waals surface area contributed by atoms with Crippen LogP contribution in [0.3, 0.4) is 0 Å². The lowest BCUT2D eigenvalue weighted by molar-refractivity contribution is -0.386. The van der Waals surface area contributed by atoms with Crippen molar-refractivity contribution in [3.05, 3.63) is 23.9 Å². The molecular formula is C8H10NO+. The van der Waals surface area contributed by atoms with E-state index in [1.165, 1.54) is 5.57 Å². The van der Waals surface area contributed by atoms with E-state index in [0.29, 0.717) is 6.10 Å². The Morgan fingerprint density at radius 3 is 3.50 bits per heavy atom. The molecule has 2 rings (SSSR count). The highest BCUT2D eigenvalue weighted by Gasteiger charge is 2.19. The van der Waals surface area contributed by atoms with Gasteiger partial charge in [0.2, 0.25) is 0 Å². The Bertz CT molecular complexity index is 215. The standard InChI is InChI=1S/C8H9NO/c1-2-4-8-7(3-1)5-9-6-10-8/h1,3,5-6,8H,2,4H2/p+1. The molecule has 52 valence electrons. The lowest BCUT2D eigenvalue weighted by Crippen LogP contribution is -2.65. The highest BCUT2D eigenvalue weighted by Crippen LogP contribution is 2.18. The molecule has 0 fully saturated rings. The summed E-state index contributed by atoms with van der Waals surface area (Å²) in [4.78, 5) is 2.92. The van der Waals surface area contributed by atoms with Crippen LogP contribution in [0.5, 0.6) is 0 Å². The van der Waals surface area contributed by atoms with Gasteiger partial charge in [-0.05, 0) is 12.8 Å². The van der Waals surface area contributed by atoms with E-state index in [-0.39, 0.29) is 0 Å². The van der Waals surface area contributed by atoms with Crippen molar-refractivity contribution in [1.82, 2.24) is 0 Å². The van der Waals surface area contributed by atoms with E-state index in [4.69, 9.17) is 4.74 Å². The number of rotatable bonds is 0. The number of hydrogen-bond acceptors (Lipinski definition) is 1. The topological polar surface area (TPSA) is 23.2 Å². The van der Waals surface area contributed by atoms with Crippen LogP contribution < -0.4 is 4.99 Å². The third kappa shape index (κ3) is 0.856. The molecule has 0 aromatic heterocycles. The van der Waals surface area contributed by atoms with Crippen LogP contribution in [0.15, 0.2) is 23.9 Å². The van der Waals surface area contributed by atoms with Gasteiger partial charge >= 0.3 is 6.40 Å². The van der Waals surface area contributed by atoms with Crippen molar-refractivity contribution in [2.24, 2.45) is 0 Å². The van der Waals surface area contributed by atoms with Gasteiger partial charge in [-0.3, -0.25) is 0 Å². The zero-order valence-corrected chi connectivity index (χ0v) is 5.71. The molecule has 0 radical (unpaired) electrons. The van der Waals surface area contributed by atoms with Gasteiger partial charge in [0.15, 0.2) is 6.20 Å². The van der Waals surface area contributed by atoms with Crippen LogP contribution in [0.4, 0.5) is 0 Å². The highest BCUT2D eigenvalue weighted by atomic mass is 16.5. The molecule has 0 saturated carbocycles. The normalized spacial score (nSPS) is 28.8. The summed E-state index contributed by atoms with van der Waals surface area (Å²) in [6.45, 7) is 0. The van der Waals surface area contributed by atoms with Crippen molar-refractivity contribution < 1.29 is 9.73 Å². The predicted octanol–water partition coefficient (Wildman–Crippen LogP) is -0.272. The minimum Gasteiger partial charge on any atom is -0.442 e. The van der Waals surface area contributed by atoms with Gasteiger partial charge in [-0.25, -0.2) is 0 Å². The molecular weight excluding hydrogens is 126 g/mol. The van der Waals surface area contributed by atoms with Gasteiger partial charge in [-0.2, -0.15) is 4.99 Å². The fraction of sp³-hybridized carbons (Fsp3) is 0.375.